The van der Waals surface area contributed by atoms with Gasteiger partial charge in [-0.3, -0.25) is 9.59 Å². The second-order valence-corrected chi connectivity index (χ2v) is 2.87. The topological polar surface area (TPSA) is 75.7 Å². The van der Waals surface area contributed by atoms with Crippen molar-refractivity contribution in [1.29, 1.82) is 0 Å². The quantitative estimate of drug-likeness (QED) is 0.490. The number of ether oxygens (including phenoxy) is 1. The van der Waals surface area contributed by atoms with E-state index in [1.54, 1.807) is 6.92 Å². The number of likely N-dealkylation sites (N-methyl/N-ethyl adjacent to an activating group) is 1. The zero-order chi connectivity index (χ0) is 11.8. The highest BCUT2D eigenvalue weighted by molar-refractivity contribution is 6.32. The lowest BCUT2D eigenvalue weighted by molar-refractivity contribution is -0.159. The Morgan fingerprint density at radius 1 is 1.33 bits per heavy atom. The standard InChI is InChI=1S/C9H16N2O4/c1-4-15-9(14)8(13)11(3)6-5-7(12)10-2/h4-6H2,1-3H3,(H,10,12). The van der Waals surface area contributed by atoms with Crippen LogP contribution < -0.4 is 5.32 Å². The predicted octanol–water partition coefficient (Wildman–Crippen LogP) is -0.856. The number of nitrogens with one attached hydrogen (secondary N) is 1. The average molecular weight is 216 g/mol. The molecule has 0 aromatic rings. The van der Waals surface area contributed by atoms with Gasteiger partial charge < -0.3 is 15.0 Å². The molecule has 0 fully saturated rings. The van der Waals surface area contributed by atoms with Crippen LogP contribution >= 0.6 is 0 Å². The molecular weight excluding hydrogens is 200 g/mol. The lowest BCUT2D eigenvalue weighted by Gasteiger charge is -2.14. The average Bonchev–Trinajstić information content (AvgIpc) is 2.24. The van der Waals surface area contributed by atoms with Gasteiger partial charge in [-0.1, -0.05) is 0 Å². The van der Waals surface area contributed by atoms with Gasteiger partial charge in [0.15, 0.2) is 0 Å². The fourth-order valence-electron chi connectivity index (χ4n) is 0.844. The van der Waals surface area contributed by atoms with Crippen LogP contribution in [-0.4, -0.2) is 49.9 Å². The van der Waals surface area contributed by atoms with Gasteiger partial charge in [0.25, 0.3) is 0 Å². The van der Waals surface area contributed by atoms with Crippen molar-refractivity contribution in [3.8, 4) is 0 Å². The van der Waals surface area contributed by atoms with Gasteiger partial charge in [0, 0.05) is 27.1 Å². The normalized spacial score (nSPS) is 9.27. The molecule has 0 aromatic carbocycles. The fourth-order valence-corrected chi connectivity index (χ4v) is 0.844. The maximum atomic E-state index is 11.3. The van der Waals surface area contributed by atoms with Crippen LogP contribution in [0.4, 0.5) is 0 Å². The van der Waals surface area contributed by atoms with Crippen molar-refractivity contribution < 1.29 is 19.1 Å². The number of amides is 2. The molecular formula is C9H16N2O4. The van der Waals surface area contributed by atoms with Gasteiger partial charge >= 0.3 is 11.9 Å². The van der Waals surface area contributed by atoms with Gasteiger partial charge in [-0.2, -0.15) is 0 Å². The summed E-state index contributed by atoms with van der Waals surface area (Å²) >= 11 is 0. The fraction of sp³-hybridized carbons (Fsp3) is 0.667. The van der Waals surface area contributed by atoms with Crippen molar-refractivity contribution in [1.82, 2.24) is 10.2 Å². The van der Waals surface area contributed by atoms with Crippen molar-refractivity contribution in [2.75, 3.05) is 27.2 Å². The van der Waals surface area contributed by atoms with Crippen LogP contribution in [0.15, 0.2) is 0 Å². The van der Waals surface area contributed by atoms with Crippen LogP contribution in [0.25, 0.3) is 0 Å². The smallest absolute Gasteiger partial charge is 0.396 e. The number of esters is 1. The maximum absolute atomic E-state index is 11.3. The number of carbonyl (C=O) groups is 3. The van der Waals surface area contributed by atoms with Gasteiger partial charge in [0.05, 0.1) is 6.61 Å². The van der Waals surface area contributed by atoms with Crippen molar-refractivity contribution in [2.45, 2.75) is 13.3 Å². The van der Waals surface area contributed by atoms with Gasteiger partial charge in [-0.15, -0.1) is 0 Å². The van der Waals surface area contributed by atoms with E-state index < -0.39 is 11.9 Å². The monoisotopic (exact) mass is 216 g/mol. The largest absolute Gasteiger partial charge is 0.459 e. The minimum Gasteiger partial charge on any atom is -0.459 e. The summed E-state index contributed by atoms with van der Waals surface area (Å²) in [6, 6.07) is 0. The highest BCUT2D eigenvalue weighted by atomic mass is 16.5. The minimum atomic E-state index is -0.892. The van der Waals surface area contributed by atoms with Crippen molar-refractivity contribution >= 4 is 17.8 Å². The van der Waals surface area contributed by atoms with E-state index in [4.69, 9.17) is 0 Å². The first-order valence-corrected chi connectivity index (χ1v) is 4.65. The van der Waals surface area contributed by atoms with Crippen LogP contribution in [-0.2, 0) is 19.1 Å². The summed E-state index contributed by atoms with van der Waals surface area (Å²) < 4.78 is 4.53. The van der Waals surface area contributed by atoms with E-state index in [-0.39, 0.29) is 25.5 Å². The van der Waals surface area contributed by atoms with Crippen molar-refractivity contribution in [3.63, 3.8) is 0 Å². The van der Waals surface area contributed by atoms with Crippen molar-refractivity contribution in [2.24, 2.45) is 0 Å². The predicted molar refractivity (Wildman–Crippen MR) is 53.0 cm³/mol. The van der Waals surface area contributed by atoms with Crippen LogP contribution in [0, 0.1) is 0 Å². The maximum Gasteiger partial charge on any atom is 0.396 e. The summed E-state index contributed by atoms with van der Waals surface area (Å²) in [6.45, 7) is 1.97. The molecule has 2 amide bonds. The second kappa shape index (κ2) is 6.80. The van der Waals surface area contributed by atoms with E-state index in [1.165, 1.54) is 14.1 Å². The van der Waals surface area contributed by atoms with Crippen LogP contribution in [0.2, 0.25) is 0 Å². The third-order valence-corrected chi connectivity index (χ3v) is 1.75. The molecule has 0 saturated heterocycles. The minimum absolute atomic E-state index is 0.161. The van der Waals surface area contributed by atoms with Crippen molar-refractivity contribution in [3.05, 3.63) is 0 Å². The van der Waals surface area contributed by atoms with Gasteiger partial charge in [0.2, 0.25) is 5.91 Å². The van der Waals surface area contributed by atoms with E-state index in [2.05, 4.69) is 10.1 Å². The van der Waals surface area contributed by atoms with Gasteiger partial charge in [-0.05, 0) is 6.92 Å². The summed E-state index contributed by atoms with van der Waals surface area (Å²) in [4.78, 5) is 34.3. The summed E-state index contributed by atoms with van der Waals surface area (Å²) in [5.74, 6) is -1.81. The molecule has 0 aliphatic heterocycles. The Labute approximate surface area is 88.6 Å². The SMILES string of the molecule is CCOC(=O)C(=O)N(C)CCC(=O)NC. The van der Waals surface area contributed by atoms with Crippen LogP contribution in [0.3, 0.4) is 0 Å². The number of carbonyl (C=O) groups excluding carboxylic acids is 3. The number of nitrogens with zero attached hydrogens (tertiary/aromatic N) is 1. The third-order valence-electron chi connectivity index (χ3n) is 1.75. The Morgan fingerprint density at radius 3 is 2.40 bits per heavy atom. The zero-order valence-electron chi connectivity index (χ0n) is 9.20. The molecule has 86 valence electrons. The summed E-state index contributed by atoms with van der Waals surface area (Å²) in [5.41, 5.74) is 0. The second-order valence-electron chi connectivity index (χ2n) is 2.87. The molecule has 1 N–H and O–H groups in total. The Kier molecular flexibility index (Phi) is 6.08. The molecule has 0 atom stereocenters. The van der Waals surface area contributed by atoms with E-state index >= 15 is 0 Å². The molecule has 6 nitrogen and oxygen atoms in total. The molecule has 0 aliphatic rings. The first-order valence-electron chi connectivity index (χ1n) is 4.65. The molecule has 0 aliphatic carbocycles. The van der Waals surface area contributed by atoms with E-state index in [0.717, 1.165) is 4.90 Å². The molecule has 6 heteroatoms. The zero-order valence-corrected chi connectivity index (χ0v) is 9.20. The third kappa shape index (κ3) is 4.99. The molecule has 0 heterocycles. The van der Waals surface area contributed by atoms with Crippen LogP contribution in [0.5, 0.6) is 0 Å². The first kappa shape index (κ1) is 13.4. The summed E-state index contributed by atoms with van der Waals surface area (Å²) in [6.07, 6.45) is 0.165. The van der Waals surface area contributed by atoms with Gasteiger partial charge in [0.1, 0.15) is 0 Å². The number of hydrogen-bond donors (Lipinski definition) is 1. The van der Waals surface area contributed by atoms with Gasteiger partial charge in [-0.25, -0.2) is 4.79 Å². The lowest BCUT2D eigenvalue weighted by atomic mass is 10.3. The van der Waals surface area contributed by atoms with E-state index in [0.29, 0.717) is 0 Å². The number of rotatable bonds is 4. The molecule has 0 unspecified atom stereocenters. The molecule has 0 radical (unpaired) electrons. The molecule has 0 saturated carbocycles. The first-order chi connectivity index (χ1) is 7.02. The van der Waals surface area contributed by atoms with Crippen LogP contribution in [0.1, 0.15) is 13.3 Å². The highest BCUT2D eigenvalue weighted by Crippen LogP contribution is 1.91. The highest BCUT2D eigenvalue weighted by Gasteiger charge is 2.19. The summed E-state index contributed by atoms with van der Waals surface area (Å²) in [7, 11) is 2.96. The van der Waals surface area contributed by atoms with E-state index in [9.17, 15) is 14.4 Å². The molecule has 0 bridgehead atoms. The molecule has 15 heavy (non-hydrogen) atoms. The Morgan fingerprint density at radius 2 is 1.93 bits per heavy atom. The van der Waals surface area contributed by atoms with E-state index in [1.807, 2.05) is 0 Å². The number of hydrogen-bond acceptors (Lipinski definition) is 4. The molecule has 0 aromatic heterocycles. The Hall–Kier alpha value is -1.59. The molecule has 0 rings (SSSR count). The Bertz CT molecular complexity index is 252. The Balaban J connectivity index is 3.99. The lowest BCUT2D eigenvalue weighted by Crippen LogP contribution is -2.36. The molecule has 0 spiro atoms. The summed E-state index contributed by atoms with van der Waals surface area (Å²) in [5, 5.41) is 2.42.